The van der Waals surface area contributed by atoms with Crippen LogP contribution in [0.4, 0.5) is 0 Å². The number of fused-ring (bicyclic) bond motifs is 1. The predicted octanol–water partition coefficient (Wildman–Crippen LogP) is 0.370. The van der Waals surface area contributed by atoms with E-state index in [1.807, 2.05) is 0 Å². The SMILES string of the molecule is COc1ccc(-c2oc3cc(OC)c(OC)c(O)c3c(=O)c2O[C@@H]2O[C@H](CO)[C@H](O)[C@H](O)[C@H]2O)cc1. The van der Waals surface area contributed by atoms with E-state index in [0.29, 0.717) is 11.3 Å². The molecule has 4 rings (SSSR count). The number of rotatable bonds is 7. The van der Waals surface area contributed by atoms with Crippen LogP contribution in [0, 0.1) is 0 Å². The zero-order valence-corrected chi connectivity index (χ0v) is 19.6. The first-order chi connectivity index (χ1) is 17.2. The van der Waals surface area contributed by atoms with Gasteiger partial charge in [0.15, 0.2) is 17.3 Å². The molecule has 3 aromatic rings. The number of benzene rings is 2. The molecular weight excluding hydrogens is 480 g/mol. The summed E-state index contributed by atoms with van der Waals surface area (Å²) in [6, 6.07) is 7.76. The van der Waals surface area contributed by atoms with E-state index < -0.39 is 54.2 Å². The number of aliphatic hydroxyl groups is 4. The average Bonchev–Trinajstić information content (AvgIpc) is 2.89. The molecule has 1 fully saturated rings. The van der Waals surface area contributed by atoms with Crippen LogP contribution in [0.2, 0.25) is 0 Å². The van der Waals surface area contributed by atoms with Gasteiger partial charge in [0.1, 0.15) is 41.1 Å². The summed E-state index contributed by atoms with van der Waals surface area (Å²) in [7, 11) is 4.12. The van der Waals surface area contributed by atoms with Crippen LogP contribution in [-0.2, 0) is 4.74 Å². The topological polar surface area (TPSA) is 178 Å². The monoisotopic (exact) mass is 506 g/mol. The Kier molecular flexibility index (Phi) is 7.24. The lowest BCUT2D eigenvalue weighted by Crippen LogP contribution is -2.60. The highest BCUT2D eigenvalue weighted by Gasteiger charge is 2.45. The standard InChI is InChI=1S/C24H26O12/c1-31-11-6-4-10(5-7-11)21-23(36-24-20(30)19(29)16(26)14(9-25)35-24)18(28)15-12(34-21)8-13(32-2)22(33-3)17(15)27/h4-8,14,16,19-20,24-27,29-30H,9H2,1-3H3/t14-,16+,19+,20-,24+/m1/s1. The summed E-state index contributed by atoms with van der Waals surface area (Å²) < 4.78 is 32.6. The van der Waals surface area contributed by atoms with E-state index in [4.69, 9.17) is 28.1 Å². The summed E-state index contributed by atoms with van der Waals surface area (Å²) >= 11 is 0. The number of ether oxygens (including phenoxy) is 5. The summed E-state index contributed by atoms with van der Waals surface area (Å²) in [4.78, 5) is 13.6. The Balaban J connectivity index is 1.93. The number of aliphatic hydroxyl groups excluding tert-OH is 4. The molecule has 0 saturated carbocycles. The molecule has 0 spiro atoms. The molecule has 1 saturated heterocycles. The van der Waals surface area contributed by atoms with Crippen molar-refractivity contribution in [2.45, 2.75) is 30.7 Å². The Hall–Kier alpha value is -3.55. The lowest BCUT2D eigenvalue weighted by Gasteiger charge is -2.39. The molecule has 2 aromatic carbocycles. The van der Waals surface area contributed by atoms with Gasteiger partial charge in [-0.15, -0.1) is 0 Å². The molecule has 1 aliphatic rings. The van der Waals surface area contributed by atoms with E-state index >= 15 is 0 Å². The fourth-order valence-corrected chi connectivity index (χ4v) is 3.95. The Morgan fingerprint density at radius 1 is 0.917 bits per heavy atom. The summed E-state index contributed by atoms with van der Waals surface area (Å²) in [6.07, 6.45) is -8.11. The van der Waals surface area contributed by atoms with Crippen molar-refractivity contribution < 1.29 is 53.6 Å². The maximum absolute atomic E-state index is 13.6. The van der Waals surface area contributed by atoms with E-state index in [2.05, 4.69) is 0 Å². The van der Waals surface area contributed by atoms with Crippen LogP contribution in [0.1, 0.15) is 0 Å². The summed E-state index contributed by atoms with van der Waals surface area (Å²) in [6.45, 7) is -0.694. The van der Waals surface area contributed by atoms with Crippen molar-refractivity contribution in [1.82, 2.24) is 0 Å². The molecule has 0 bridgehead atoms. The van der Waals surface area contributed by atoms with Crippen LogP contribution in [0.3, 0.4) is 0 Å². The quantitative estimate of drug-likeness (QED) is 0.298. The lowest BCUT2D eigenvalue weighted by molar-refractivity contribution is -0.277. The van der Waals surface area contributed by atoms with Gasteiger partial charge in [-0.25, -0.2) is 0 Å². The average molecular weight is 506 g/mol. The van der Waals surface area contributed by atoms with Crippen molar-refractivity contribution in [3.05, 3.63) is 40.6 Å². The third-order valence-electron chi connectivity index (χ3n) is 5.89. The minimum Gasteiger partial charge on any atom is -0.504 e. The molecule has 0 unspecified atom stereocenters. The van der Waals surface area contributed by atoms with Gasteiger partial charge in [0, 0.05) is 11.6 Å². The zero-order chi connectivity index (χ0) is 26.1. The molecular formula is C24H26O12. The van der Waals surface area contributed by atoms with Gasteiger partial charge in [-0.3, -0.25) is 4.79 Å². The Morgan fingerprint density at radius 3 is 2.19 bits per heavy atom. The Labute approximate surface area is 204 Å². The van der Waals surface area contributed by atoms with E-state index in [-0.39, 0.29) is 28.2 Å². The first-order valence-corrected chi connectivity index (χ1v) is 10.8. The first-order valence-electron chi connectivity index (χ1n) is 10.8. The summed E-state index contributed by atoms with van der Waals surface area (Å²) in [5.74, 6) is -0.622. The molecule has 1 aliphatic heterocycles. The molecule has 36 heavy (non-hydrogen) atoms. The van der Waals surface area contributed by atoms with Crippen molar-refractivity contribution in [1.29, 1.82) is 0 Å². The molecule has 1 aromatic heterocycles. The van der Waals surface area contributed by atoms with Crippen LogP contribution in [0.15, 0.2) is 39.5 Å². The molecule has 2 heterocycles. The van der Waals surface area contributed by atoms with Crippen molar-refractivity contribution in [3.63, 3.8) is 0 Å². The fourth-order valence-electron chi connectivity index (χ4n) is 3.95. The van der Waals surface area contributed by atoms with Gasteiger partial charge >= 0.3 is 0 Å². The first kappa shape index (κ1) is 25.5. The molecule has 194 valence electrons. The zero-order valence-electron chi connectivity index (χ0n) is 19.6. The van der Waals surface area contributed by atoms with Crippen LogP contribution in [0.5, 0.6) is 28.7 Å². The van der Waals surface area contributed by atoms with Gasteiger partial charge in [-0.2, -0.15) is 0 Å². The second-order valence-electron chi connectivity index (χ2n) is 7.97. The van der Waals surface area contributed by atoms with Crippen molar-refractivity contribution in [2.24, 2.45) is 0 Å². The normalized spacial score (nSPS) is 23.9. The van der Waals surface area contributed by atoms with E-state index in [9.17, 15) is 30.3 Å². The van der Waals surface area contributed by atoms with Gasteiger partial charge in [0.25, 0.3) is 0 Å². The molecule has 12 nitrogen and oxygen atoms in total. The fraction of sp³-hybridized carbons (Fsp3) is 0.375. The molecule has 0 aliphatic carbocycles. The maximum atomic E-state index is 13.6. The molecule has 0 radical (unpaired) electrons. The molecule has 0 amide bonds. The second-order valence-corrected chi connectivity index (χ2v) is 7.97. The third-order valence-corrected chi connectivity index (χ3v) is 5.89. The predicted molar refractivity (Wildman–Crippen MR) is 124 cm³/mol. The van der Waals surface area contributed by atoms with Crippen molar-refractivity contribution in [3.8, 4) is 40.1 Å². The minimum absolute atomic E-state index is 0.0536. The van der Waals surface area contributed by atoms with Crippen LogP contribution < -0.4 is 24.4 Å². The Morgan fingerprint density at radius 2 is 1.61 bits per heavy atom. The maximum Gasteiger partial charge on any atom is 0.239 e. The van der Waals surface area contributed by atoms with Crippen LogP contribution in [-0.4, -0.2) is 84.2 Å². The van der Waals surface area contributed by atoms with Crippen LogP contribution >= 0.6 is 0 Å². The number of methoxy groups -OCH3 is 3. The molecule has 5 atom stereocenters. The van der Waals surface area contributed by atoms with Gasteiger partial charge < -0.3 is 53.6 Å². The van der Waals surface area contributed by atoms with Crippen molar-refractivity contribution >= 4 is 11.0 Å². The lowest BCUT2D eigenvalue weighted by atomic mass is 9.99. The van der Waals surface area contributed by atoms with E-state index in [1.54, 1.807) is 24.3 Å². The highest BCUT2D eigenvalue weighted by molar-refractivity contribution is 5.91. The summed E-state index contributed by atoms with van der Waals surface area (Å²) in [5.41, 5.74) is -0.539. The van der Waals surface area contributed by atoms with Crippen molar-refractivity contribution in [2.75, 3.05) is 27.9 Å². The highest BCUT2D eigenvalue weighted by Crippen LogP contribution is 2.44. The van der Waals surface area contributed by atoms with Gasteiger partial charge in [0.05, 0.1) is 27.9 Å². The minimum atomic E-state index is -1.79. The smallest absolute Gasteiger partial charge is 0.239 e. The number of hydrogen-bond donors (Lipinski definition) is 5. The van der Waals surface area contributed by atoms with E-state index in [1.165, 1.54) is 27.4 Å². The van der Waals surface area contributed by atoms with Gasteiger partial charge in [-0.05, 0) is 24.3 Å². The second kappa shape index (κ2) is 10.2. The summed E-state index contributed by atoms with van der Waals surface area (Å²) in [5, 5.41) is 50.6. The Bertz CT molecular complexity index is 1280. The van der Waals surface area contributed by atoms with Crippen LogP contribution in [0.25, 0.3) is 22.3 Å². The number of phenolic OH excluding ortho intramolecular Hbond substituents is 1. The largest absolute Gasteiger partial charge is 0.504 e. The third kappa shape index (κ3) is 4.29. The number of phenols is 1. The number of aromatic hydroxyl groups is 1. The van der Waals surface area contributed by atoms with Gasteiger partial charge in [-0.1, -0.05) is 0 Å². The molecule has 5 N–H and O–H groups in total. The highest BCUT2D eigenvalue weighted by atomic mass is 16.7. The molecule has 12 heteroatoms. The van der Waals surface area contributed by atoms with Gasteiger partial charge in [0.2, 0.25) is 23.2 Å². The van der Waals surface area contributed by atoms with E-state index in [0.717, 1.165) is 0 Å². The number of hydrogen-bond acceptors (Lipinski definition) is 12.